The third-order valence-corrected chi connectivity index (χ3v) is 4.47. The van der Waals surface area contributed by atoms with Crippen LogP contribution in [0.2, 0.25) is 0 Å². The molecule has 3 rings (SSSR count). The number of anilines is 1. The predicted molar refractivity (Wildman–Crippen MR) is 81.3 cm³/mol. The average molecular weight is 321 g/mol. The van der Waals surface area contributed by atoms with Crippen molar-refractivity contribution in [2.45, 2.75) is 31.8 Å². The highest BCUT2D eigenvalue weighted by molar-refractivity contribution is 7.15. The predicted octanol–water partition coefficient (Wildman–Crippen LogP) is 2.78. The van der Waals surface area contributed by atoms with E-state index in [1.807, 2.05) is 6.07 Å². The zero-order chi connectivity index (χ0) is 15.6. The molecule has 1 aliphatic heterocycles. The minimum Gasteiger partial charge on any atom is -0.365 e. The summed E-state index contributed by atoms with van der Waals surface area (Å²) in [5, 5.41) is 11.9. The van der Waals surface area contributed by atoms with Gasteiger partial charge in [-0.15, -0.1) is 10.2 Å². The molecule has 2 aromatic rings. The number of benzene rings is 1. The maximum atomic E-state index is 13.2. The molecule has 22 heavy (non-hydrogen) atoms. The van der Waals surface area contributed by atoms with Crippen molar-refractivity contribution < 1.29 is 13.9 Å². The first-order chi connectivity index (χ1) is 10.5. The number of halogens is 1. The molecular formula is C15H16FN3O2S. The van der Waals surface area contributed by atoms with Gasteiger partial charge in [-0.3, -0.25) is 10.1 Å². The van der Waals surface area contributed by atoms with E-state index in [1.54, 1.807) is 13.0 Å². The van der Waals surface area contributed by atoms with Crippen molar-refractivity contribution in [1.29, 1.82) is 0 Å². The van der Waals surface area contributed by atoms with Gasteiger partial charge < -0.3 is 4.74 Å². The molecule has 0 radical (unpaired) electrons. The number of nitrogens with zero attached hydrogens (tertiary/aromatic N) is 2. The van der Waals surface area contributed by atoms with Gasteiger partial charge in [0.2, 0.25) is 5.13 Å². The Balaban J connectivity index is 1.65. The van der Waals surface area contributed by atoms with E-state index in [0.717, 1.165) is 17.0 Å². The molecule has 0 spiro atoms. The summed E-state index contributed by atoms with van der Waals surface area (Å²) in [6.07, 6.45) is 2.07. The molecule has 7 heteroatoms. The lowest BCUT2D eigenvalue weighted by Crippen LogP contribution is -2.39. The number of hydrogen-bond donors (Lipinski definition) is 1. The van der Waals surface area contributed by atoms with Gasteiger partial charge in [0.05, 0.1) is 0 Å². The Hall–Kier alpha value is -1.86. The molecule has 1 unspecified atom stereocenters. The fraction of sp³-hybridized carbons (Fsp3) is 0.400. The van der Waals surface area contributed by atoms with Crippen LogP contribution in [0.5, 0.6) is 0 Å². The third kappa shape index (κ3) is 3.31. The number of carbonyl (C=O) groups excluding carboxylic acids is 1. The van der Waals surface area contributed by atoms with Gasteiger partial charge in [-0.2, -0.15) is 0 Å². The molecule has 116 valence electrons. The molecule has 1 fully saturated rings. The summed E-state index contributed by atoms with van der Waals surface area (Å²) in [6, 6.07) is 6.35. The highest BCUT2D eigenvalue weighted by atomic mass is 32.1. The number of amides is 1. The van der Waals surface area contributed by atoms with Crippen molar-refractivity contribution >= 4 is 22.4 Å². The van der Waals surface area contributed by atoms with E-state index in [1.165, 1.54) is 23.5 Å². The van der Waals surface area contributed by atoms with Crippen molar-refractivity contribution in [1.82, 2.24) is 10.2 Å². The van der Waals surface area contributed by atoms with E-state index in [-0.39, 0.29) is 11.7 Å². The minimum absolute atomic E-state index is 0.196. The minimum atomic E-state index is -0.783. The molecule has 0 saturated carbocycles. The Kier molecular flexibility index (Phi) is 4.17. The second-order valence-corrected chi connectivity index (χ2v) is 6.51. The first-order valence-electron chi connectivity index (χ1n) is 7.07. The first-order valence-corrected chi connectivity index (χ1v) is 7.89. The van der Waals surface area contributed by atoms with Crippen LogP contribution in [0.1, 0.15) is 30.3 Å². The van der Waals surface area contributed by atoms with Gasteiger partial charge in [0.15, 0.2) is 0 Å². The van der Waals surface area contributed by atoms with Crippen molar-refractivity contribution in [3.8, 4) is 0 Å². The van der Waals surface area contributed by atoms with Gasteiger partial charge in [-0.1, -0.05) is 23.5 Å². The van der Waals surface area contributed by atoms with Crippen LogP contribution in [0.25, 0.3) is 0 Å². The lowest BCUT2D eigenvalue weighted by Gasteiger charge is -2.20. The molecule has 1 aliphatic rings. The van der Waals surface area contributed by atoms with E-state index in [2.05, 4.69) is 15.5 Å². The fourth-order valence-corrected chi connectivity index (χ4v) is 3.15. The van der Waals surface area contributed by atoms with Crippen LogP contribution in [0.15, 0.2) is 24.3 Å². The van der Waals surface area contributed by atoms with E-state index in [4.69, 9.17) is 4.74 Å². The molecule has 0 aliphatic carbocycles. The third-order valence-electron chi connectivity index (χ3n) is 3.63. The number of aromatic nitrogens is 2. The largest absolute Gasteiger partial charge is 0.365 e. The molecule has 1 aromatic heterocycles. The molecule has 1 saturated heterocycles. The van der Waals surface area contributed by atoms with E-state index in [0.29, 0.717) is 24.6 Å². The number of carbonyl (C=O) groups is 1. The quantitative estimate of drug-likeness (QED) is 0.940. The smallest absolute Gasteiger partial charge is 0.258 e. The Bertz CT molecular complexity index is 683. The standard InChI is InChI=1S/C15H16FN3O2S/c1-15(6-3-7-21-15)13(20)17-14-19-18-12(22-14)9-10-4-2-5-11(16)8-10/h2,4-5,8H,3,6-7,9H2,1H3,(H,17,19,20). The van der Waals surface area contributed by atoms with Crippen LogP contribution in [-0.4, -0.2) is 28.3 Å². The summed E-state index contributed by atoms with van der Waals surface area (Å²) in [4.78, 5) is 12.2. The first kappa shape index (κ1) is 15.1. The fourth-order valence-electron chi connectivity index (χ4n) is 2.38. The average Bonchev–Trinajstić information content (AvgIpc) is 3.09. The zero-order valence-electron chi connectivity index (χ0n) is 12.1. The Morgan fingerprint density at radius 1 is 1.50 bits per heavy atom. The summed E-state index contributed by atoms with van der Waals surface area (Å²) in [6.45, 7) is 2.38. The van der Waals surface area contributed by atoms with Crippen LogP contribution < -0.4 is 5.32 Å². The molecular weight excluding hydrogens is 305 g/mol. The Labute approximate surface area is 131 Å². The van der Waals surface area contributed by atoms with Crippen LogP contribution in [0, 0.1) is 5.82 Å². The van der Waals surface area contributed by atoms with Gasteiger partial charge in [0, 0.05) is 13.0 Å². The van der Waals surface area contributed by atoms with Gasteiger partial charge in [0.1, 0.15) is 16.4 Å². The normalized spacial score (nSPS) is 21.0. The van der Waals surface area contributed by atoms with Crippen LogP contribution >= 0.6 is 11.3 Å². The van der Waals surface area contributed by atoms with Gasteiger partial charge in [-0.25, -0.2) is 4.39 Å². The van der Waals surface area contributed by atoms with E-state index >= 15 is 0 Å². The van der Waals surface area contributed by atoms with Crippen molar-refractivity contribution in [3.63, 3.8) is 0 Å². The Morgan fingerprint density at radius 2 is 2.36 bits per heavy atom. The number of nitrogens with one attached hydrogen (secondary N) is 1. The number of ether oxygens (including phenoxy) is 1. The zero-order valence-corrected chi connectivity index (χ0v) is 13.0. The summed E-state index contributed by atoms with van der Waals surface area (Å²) < 4.78 is 18.7. The summed E-state index contributed by atoms with van der Waals surface area (Å²) in [5.41, 5.74) is 0.0362. The maximum absolute atomic E-state index is 13.2. The summed E-state index contributed by atoms with van der Waals surface area (Å²) >= 11 is 1.29. The molecule has 5 nitrogen and oxygen atoms in total. The second-order valence-electron chi connectivity index (χ2n) is 5.44. The highest BCUT2D eigenvalue weighted by Crippen LogP contribution is 2.27. The van der Waals surface area contributed by atoms with Crippen LogP contribution in [0.3, 0.4) is 0 Å². The SMILES string of the molecule is CC1(C(=O)Nc2nnc(Cc3cccc(F)c3)s2)CCCO1. The van der Waals surface area contributed by atoms with Crippen molar-refractivity contribution in [2.75, 3.05) is 11.9 Å². The molecule has 2 heterocycles. The topological polar surface area (TPSA) is 64.1 Å². The highest BCUT2D eigenvalue weighted by Gasteiger charge is 2.38. The molecule has 1 atom stereocenters. The van der Waals surface area contributed by atoms with Crippen LogP contribution in [0.4, 0.5) is 9.52 Å². The van der Waals surface area contributed by atoms with Gasteiger partial charge >= 0.3 is 0 Å². The van der Waals surface area contributed by atoms with Gasteiger partial charge in [-0.05, 0) is 37.5 Å². The summed E-state index contributed by atoms with van der Waals surface area (Å²) in [7, 11) is 0. The lowest BCUT2D eigenvalue weighted by molar-refractivity contribution is -0.133. The van der Waals surface area contributed by atoms with E-state index in [9.17, 15) is 9.18 Å². The summed E-state index contributed by atoms with van der Waals surface area (Å²) in [5.74, 6) is -0.472. The molecule has 1 aromatic carbocycles. The maximum Gasteiger partial charge on any atom is 0.258 e. The number of rotatable bonds is 4. The molecule has 1 N–H and O–H groups in total. The molecule has 1 amide bonds. The monoisotopic (exact) mass is 321 g/mol. The number of hydrogen-bond acceptors (Lipinski definition) is 5. The molecule has 0 bridgehead atoms. The van der Waals surface area contributed by atoms with Crippen LogP contribution in [-0.2, 0) is 16.0 Å². The van der Waals surface area contributed by atoms with E-state index < -0.39 is 5.60 Å². The van der Waals surface area contributed by atoms with Crippen molar-refractivity contribution in [3.05, 3.63) is 40.7 Å². The second kappa shape index (κ2) is 6.10. The van der Waals surface area contributed by atoms with Gasteiger partial charge in [0.25, 0.3) is 5.91 Å². The lowest BCUT2D eigenvalue weighted by atomic mass is 10.0. The Morgan fingerprint density at radius 3 is 3.09 bits per heavy atom. The van der Waals surface area contributed by atoms with Crippen molar-refractivity contribution in [2.24, 2.45) is 0 Å².